The maximum Gasteiger partial charge on any atom is 0.250 e. The molecule has 0 aliphatic carbocycles. The third kappa shape index (κ3) is 8.02. The first-order valence-corrected chi connectivity index (χ1v) is 15.8. The minimum atomic E-state index is -4.09. The van der Waals surface area contributed by atoms with Crippen molar-refractivity contribution in [3.8, 4) is 6.07 Å². The fourth-order valence-electron chi connectivity index (χ4n) is 5.12. The molecule has 4 N–H and O–H groups in total. The molecule has 5 atom stereocenters. The van der Waals surface area contributed by atoms with Crippen molar-refractivity contribution in [2.24, 2.45) is 0 Å². The SMILES string of the molecule is CO[C@H]1O[C@H](Cn2cc(COCCNS(=O)(=O)/C(C#N)=C/c3ccc4cc(N5CCOCC5)ccc4c3)nn2)[C@@H](O)[C@H](O)[C@H]1O. The number of rotatable bonds is 12. The number of nitrogens with zero attached hydrogens (tertiary/aromatic N) is 5. The van der Waals surface area contributed by atoms with E-state index >= 15 is 0 Å². The minimum absolute atomic E-state index is 0.00367. The fourth-order valence-corrected chi connectivity index (χ4v) is 6.04. The van der Waals surface area contributed by atoms with Crippen LogP contribution in [0, 0.1) is 11.3 Å². The summed E-state index contributed by atoms with van der Waals surface area (Å²) in [4.78, 5) is 1.84. The number of hydrogen-bond acceptors (Lipinski definition) is 13. The van der Waals surface area contributed by atoms with Crippen LogP contribution in [-0.4, -0.2) is 116 Å². The molecule has 3 heterocycles. The fraction of sp³-hybridized carbons (Fsp3) is 0.483. The Hall–Kier alpha value is -3.50. The predicted molar refractivity (Wildman–Crippen MR) is 161 cm³/mol. The van der Waals surface area contributed by atoms with Crippen LogP contribution < -0.4 is 9.62 Å². The Labute approximate surface area is 260 Å². The van der Waals surface area contributed by atoms with E-state index in [1.807, 2.05) is 24.3 Å². The van der Waals surface area contributed by atoms with Crippen LogP contribution in [-0.2, 0) is 42.1 Å². The summed E-state index contributed by atoms with van der Waals surface area (Å²) in [5.41, 5.74) is 2.11. The molecule has 2 aliphatic rings. The second-order valence-electron chi connectivity index (χ2n) is 10.6. The van der Waals surface area contributed by atoms with Gasteiger partial charge >= 0.3 is 0 Å². The zero-order valence-corrected chi connectivity index (χ0v) is 25.4. The van der Waals surface area contributed by atoms with E-state index in [2.05, 4.69) is 26.0 Å². The topological polar surface area (TPSA) is 202 Å². The van der Waals surface area contributed by atoms with Crippen LogP contribution in [0.1, 0.15) is 11.3 Å². The molecule has 2 saturated heterocycles. The number of ether oxygens (including phenoxy) is 4. The van der Waals surface area contributed by atoms with Crippen LogP contribution in [0.4, 0.5) is 5.69 Å². The summed E-state index contributed by atoms with van der Waals surface area (Å²) in [6.45, 7) is 2.98. The van der Waals surface area contributed by atoms with Gasteiger partial charge < -0.3 is 39.2 Å². The molecule has 0 spiro atoms. The Morgan fingerprint density at radius 3 is 2.64 bits per heavy atom. The Balaban J connectivity index is 1.11. The van der Waals surface area contributed by atoms with E-state index in [4.69, 9.17) is 18.9 Å². The summed E-state index contributed by atoms with van der Waals surface area (Å²) in [6, 6.07) is 13.4. The number of hydrogen-bond donors (Lipinski definition) is 4. The number of nitriles is 1. The second kappa shape index (κ2) is 14.7. The van der Waals surface area contributed by atoms with Gasteiger partial charge in [0.1, 0.15) is 36.2 Å². The van der Waals surface area contributed by atoms with Crippen molar-refractivity contribution in [1.29, 1.82) is 5.26 Å². The molecule has 0 amide bonds. The number of benzene rings is 2. The summed E-state index contributed by atoms with van der Waals surface area (Å²) in [5.74, 6) is 0. The van der Waals surface area contributed by atoms with Crippen molar-refractivity contribution in [2.45, 2.75) is 43.9 Å². The molecule has 1 aromatic heterocycles. The minimum Gasteiger partial charge on any atom is -0.388 e. The number of nitrogens with one attached hydrogen (secondary N) is 1. The molecule has 45 heavy (non-hydrogen) atoms. The smallest absolute Gasteiger partial charge is 0.250 e. The standard InChI is InChI=1S/C29H36N6O9S/c1-41-29-28(38)27(37)26(36)25(44-29)17-35-16-22(32-33-35)18-43-9-6-31-45(39,40)24(15-30)13-19-2-3-21-14-23(5-4-20(21)12-19)34-7-10-42-11-8-34/h2-5,12-14,16,25-29,31,36-38H,6-11,17-18H2,1H3/b24-13+/t25-,26-,27+,28-,29+/m1/s1. The van der Waals surface area contributed by atoms with Crippen molar-refractivity contribution in [3.05, 3.63) is 58.8 Å². The number of fused-ring (bicyclic) bond motifs is 1. The van der Waals surface area contributed by atoms with Gasteiger partial charge in [-0.2, -0.15) is 5.26 Å². The van der Waals surface area contributed by atoms with Gasteiger partial charge in [0.15, 0.2) is 11.2 Å². The van der Waals surface area contributed by atoms with E-state index in [0.29, 0.717) is 24.5 Å². The lowest BCUT2D eigenvalue weighted by molar-refractivity contribution is -0.292. The highest BCUT2D eigenvalue weighted by Crippen LogP contribution is 2.26. The molecule has 2 aromatic carbocycles. The molecule has 0 bridgehead atoms. The van der Waals surface area contributed by atoms with Gasteiger partial charge in [-0.05, 0) is 40.6 Å². The summed E-state index contributed by atoms with van der Waals surface area (Å²) in [6.07, 6.45) is -3.37. The van der Waals surface area contributed by atoms with Gasteiger partial charge in [0, 0.05) is 32.4 Å². The number of aliphatic hydroxyl groups is 3. The highest BCUT2D eigenvalue weighted by atomic mass is 32.2. The van der Waals surface area contributed by atoms with Crippen LogP contribution in [0.5, 0.6) is 0 Å². The number of aromatic nitrogens is 3. The Morgan fingerprint density at radius 1 is 1.13 bits per heavy atom. The van der Waals surface area contributed by atoms with E-state index < -0.39 is 45.6 Å². The van der Waals surface area contributed by atoms with Gasteiger partial charge in [-0.25, -0.2) is 17.8 Å². The quantitative estimate of drug-likeness (QED) is 0.148. The van der Waals surface area contributed by atoms with E-state index in [1.54, 1.807) is 18.3 Å². The predicted octanol–water partition coefficient (Wildman–Crippen LogP) is -0.277. The number of sulfonamides is 1. The van der Waals surface area contributed by atoms with Gasteiger partial charge in [0.2, 0.25) is 0 Å². The van der Waals surface area contributed by atoms with Crippen molar-refractivity contribution >= 4 is 32.6 Å². The molecular weight excluding hydrogens is 608 g/mol. The molecule has 2 fully saturated rings. The molecule has 242 valence electrons. The van der Waals surface area contributed by atoms with E-state index in [-0.39, 0.29) is 26.3 Å². The van der Waals surface area contributed by atoms with Gasteiger partial charge in [-0.3, -0.25) is 0 Å². The maximum absolute atomic E-state index is 12.8. The summed E-state index contributed by atoms with van der Waals surface area (Å²) >= 11 is 0. The van der Waals surface area contributed by atoms with Gasteiger partial charge in [0.05, 0.1) is 39.2 Å². The Kier molecular flexibility index (Phi) is 10.8. The molecule has 5 rings (SSSR count). The summed E-state index contributed by atoms with van der Waals surface area (Å²) in [7, 11) is -2.78. The molecule has 2 aliphatic heterocycles. The lowest BCUT2D eigenvalue weighted by Gasteiger charge is -2.39. The number of aliphatic hydroxyl groups excluding tert-OH is 3. The van der Waals surface area contributed by atoms with Gasteiger partial charge in [-0.1, -0.05) is 23.4 Å². The van der Waals surface area contributed by atoms with Gasteiger partial charge in [0.25, 0.3) is 10.0 Å². The van der Waals surface area contributed by atoms with Crippen LogP contribution in [0.15, 0.2) is 47.5 Å². The van der Waals surface area contributed by atoms with Crippen LogP contribution >= 0.6 is 0 Å². The zero-order chi connectivity index (χ0) is 32.0. The zero-order valence-electron chi connectivity index (χ0n) is 24.6. The Bertz CT molecular complexity index is 1630. The first-order valence-electron chi connectivity index (χ1n) is 14.4. The summed E-state index contributed by atoms with van der Waals surface area (Å²) in [5, 5.41) is 49.6. The lowest BCUT2D eigenvalue weighted by atomic mass is 9.99. The first-order chi connectivity index (χ1) is 21.7. The largest absolute Gasteiger partial charge is 0.388 e. The van der Waals surface area contributed by atoms with Crippen molar-refractivity contribution < 1.29 is 42.7 Å². The van der Waals surface area contributed by atoms with E-state index in [1.165, 1.54) is 17.9 Å². The molecule has 15 nitrogen and oxygen atoms in total. The third-order valence-electron chi connectivity index (χ3n) is 7.56. The average molecular weight is 645 g/mol. The van der Waals surface area contributed by atoms with Crippen molar-refractivity contribution in [1.82, 2.24) is 19.7 Å². The average Bonchev–Trinajstić information content (AvgIpc) is 3.50. The van der Waals surface area contributed by atoms with Crippen molar-refractivity contribution in [2.75, 3.05) is 51.5 Å². The van der Waals surface area contributed by atoms with E-state index in [0.717, 1.165) is 29.5 Å². The van der Waals surface area contributed by atoms with Crippen molar-refractivity contribution in [3.63, 3.8) is 0 Å². The summed E-state index contributed by atoms with van der Waals surface area (Å²) < 4.78 is 50.8. The number of anilines is 1. The normalized spacial score (nSPS) is 24.6. The molecule has 0 unspecified atom stereocenters. The number of morpholine rings is 1. The highest BCUT2D eigenvalue weighted by molar-refractivity contribution is 7.93. The lowest BCUT2D eigenvalue weighted by Crippen LogP contribution is -2.58. The molecular formula is C29H36N6O9S. The Morgan fingerprint density at radius 2 is 1.89 bits per heavy atom. The monoisotopic (exact) mass is 644 g/mol. The second-order valence-corrected chi connectivity index (χ2v) is 12.4. The van der Waals surface area contributed by atoms with Crippen LogP contribution in [0.25, 0.3) is 16.8 Å². The number of allylic oxidation sites excluding steroid dienone is 1. The first kappa shape index (κ1) is 32.9. The van der Waals surface area contributed by atoms with E-state index in [9.17, 15) is 29.0 Å². The van der Waals surface area contributed by atoms with Gasteiger partial charge in [-0.15, -0.1) is 5.10 Å². The van der Waals surface area contributed by atoms with Crippen LogP contribution in [0.3, 0.4) is 0 Å². The number of methoxy groups -OCH3 is 1. The third-order valence-corrected chi connectivity index (χ3v) is 8.94. The highest BCUT2D eigenvalue weighted by Gasteiger charge is 2.44. The maximum atomic E-state index is 12.8. The molecule has 0 radical (unpaired) electrons. The molecule has 16 heteroatoms. The molecule has 0 saturated carbocycles. The van der Waals surface area contributed by atoms with Crippen LogP contribution in [0.2, 0.25) is 0 Å². The molecule has 3 aromatic rings.